The molecule has 5 heteroatoms. The molecular formula is C8H12N2O3. The fourth-order valence-electron chi connectivity index (χ4n) is 1.03. The van der Waals surface area contributed by atoms with Gasteiger partial charge in [-0.1, -0.05) is 0 Å². The van der Waals surface area contributed by atoms with Crippen molar-refractivity contribution < 1.29 is 14.6 Å². The molecule has 0 spiro atoms. The van der Waals surface area contributed by atoms with Gasteiger partial charge in [0.25, 0.3) is 0 Å². The van der Waals surface area contributed by atoms with E-state index in [2.05, 4.69) is 10.3 Å². The zero-order valence-electron chi connectivity index (χ0n) is 7.57. The molecule has 2 N–H and O–H groups in total. The third-order valence-electron chi connectivity index (χ3n) is 1.76. The highest BCUT2D eigenvalue weighted by molar-refractivity contribution is 6.02. The lowest BCUT2D eigenvalue weighted by Gasteiger charge is -2.16. The Balaban J connectivity index is 2.85. The summed E-state index contributed by atoms with van der Waals surface area (Å²) in [5.74, 6) is 0.0563. The molecule has 0 aromatic heterocycles. The molecule has 0 saturated heterocycles. The van der Waals surface area contributed by atoms with Crippen LogP contribution >= 0.6 is 0 Å². The normalized spacial score (nSPS) is 21.6. The van der Waals surface area contributed by atoms with Crippen molar-refractivity contribution >= 4 is 11.8 Å². The van der Waals surface area contributed by atoms with E-state index < -0.39 is 6.10 Å². The summed E-state index contributed by atoms with van der Waals surface area (Å²) in [5, 5.41) is 11.8. The predicted octanol–water partition coefficient (Wildman–Crippen LogP) is -0.922. The van der Waals surface area contributed by atoms with Crippen molar-refractivity contribution in [2.45, 2.75) is 6.10 Å². The quantitative estimate of drug-likeness (QED) is 0.553. The smallest absolute Gasteiger partial charge is 0.249 e. The number of hydrogen-bond acceptors (Lipinski definition) is 4. The fourth-order valence-corrected chi connectivity index (χ4v) is 1.03. The summed E-state index contributed by atoms with van der Waals surface area (Å²) >= 11 is 0. The van der Waals surface area contributed by atoms with Gasteiger partial charge in [0.15, 0.2) is 0 Å². The van der Waals surface area contributed by atoms with Crippen LogP contribution in [-0.4, -0.2) is 43.7 Å². The molecule has 1 heterocycles. The summed E-state index contributed by atoms with van der Waals surface area (Å²) in [6, 6.07) is 0. The molecule has 72 valence electrons. The molecule has 1 unspecified atom stereocenters. The Morgan fingerprint density at radius 1 is 1.85 bits per heavy atom. The van der Waals surface area contributed by atoms with Crippen LogP contribution in [0.15, 0.2) is 16.6 Å². The summed E-state index contributed by atoms with van der Waals surface area (Å²) in [6.45, 7) is 0.169. The third-order valence-corrected chi connectivity index (χ3v) is 1.76. The molecule has 13 heavy (non-hydrogen) atoms. The number of hydrogen-bond donors (Lipinski definition) is 2. The molecule has 0 bridgehead atoms. The van der Waals surface area contributed by atoms with Gasteiger partial charge < -0.3 is 15.2 Å². The van der Waals surface area contributed by atoms with Gasteiger partial charge in [0.05, 0.1) is 19.2 Å². The van der Waals surface area contributed by atoms with Crippen molar-refractivity contribution in [2.24, 2.45) is 4.99 Å². The Bertz CT molecular complexity index is 271. The highest BCUT2D eigenvalue weighted by atomic mass is 16.5. The topological polar surface area (TPSA) is 70.9 Å². The first-order chi connectivity index (χ1) is 6.19. The average Bonchev–Trinajstić information content (AvgIpc) is 2.17. The summed E-state index contributed by atoms with van der Waals surface area (Å²) < 4.78 is 4.85. The van der Waals surface area contributed by atoms with Crippen LogP contribution < -0.4 is 5.32 Å². The van der Waals surface area contributed by atoms with Gasteiger partial charge in [0.2, 0.25) is 11.8 Å². The number of methoxy groups -OCH3 is 1. The lowest BCUT2D eigenvalue weighted by atomic mass is 10.1. The zero-order chi connectivity index (χ0) is 9.84. The van der Waals surface area contributed by atoms with E-state index in [0.717, 1.165) is 0 Å². The van der Waals surface area contributed by atoms with Gasteiger partial charge in [-0.2, -0.15) is 0 Å². The van der Waals surface area contributed by atoms with Gasteiger partial charge >= 0.3 is 0 Å². The third kappa shape index (κ3) is 2.06. The Labute approximate surface area is 76.1 Å². The van der Waals surface area contributed by atoms with Gasteiger partial charge in [-0.05, 0) is 0 Å². The average molecular weight is 184 g/mol. The largest absolute Gasteiger partial charge is 0.481 e. The molecule has 0 fully saturated rings. The van der Waals surface area contributed by atoms with E-state index in [1.54, 1.807) is 0 Å². The van der Waals surface area contributed by atoms with Crippen molar-refractivity contribution in [1.29, 1.82) is 0 Å². The number of carbonyl (C=O) groups is 1. The predicted molar refractivity (Wildman–Crippen MR) is 47.5 cm³/mol. The Morgan fingerprint density at radius 3 is 3.08 bits per heavy atom. The van der Waals surface area contributed by atoms with Crippen molar-refractivity contribution in [3.05, 3.63) is 11.6 Å². The Kier molecular flexibility index (Phi) is 3.02. The molecule has 0 saturated carbocycles. The van der Waals surface area contributed by atoms with Crippen LogP contribution in [0.25, 0.3) is 0 Å². The second-order valence-electron chi connectivity index (χ2n) is 2.58. The minimum atomic E-state index is -0.834. The second-order valence-corrected chi connectivity index (χ2v) is 2.58. The lowest BCUT2D eigenvalue weighted by molar-refractivity contribution is -0.118. The molecule has 0 radical (unpaired) electrons. The number of amides is 1. The molecule has 0 aromatic rings. The van der Waals surface area contributed by atoms with Gasteiger partial charge in [-0.3, -0.25) is 4.79 Å². The highest BCUT2D eigenvalue weighted by Crippen LogP contribution is 2.09. The van der Waals surface area contributed by atoms with Crippen LogP contribution in [0.5, 0.6) is 0 Å². The number of carbonyl (C=O) groups excluding carboxylic acids is 1. The van der Waals surface area contributed by atoms with Crippen LogP contribution in [0.3, 0.4) is 0 Å². The molecule has 0 aromatic carbocycles. The summed E-state index contributed by atoms with van der Waals surface area (Å²) in [4.78, 5) is 15.1. The van der Waals surface area contributed by atoms with Gasteiger partial charge in [-0.25, -0.2) is 4.99 Å². The van der Waals surface area contributed by atoms with Crippen molar-refractivity contribution in [3.63, 3.8) is 0 Å². The van der Waals surface area contributed by atoms with Gasteiger partial charge in [-0.15, -0.1) is 0 Å². The molecule has 1 rings (SSSR count). The number of aliphatic hydroxyl groups is 1. The fraction of sp³-hybridized carbons (Fsp3) is 0.500. The minimum absolute atomic E-state index is 0.169. The maximum absolute atomic E-state index is 11.2. The molecular weight excluding hydrogens is 172 g/mol. The molecule has 1 amide bonds. The number of nitrogens with zero attached hydrogens (tertiary/aromatic N) is 1. The van der Waals surface area contributed by atoms with E-state index in [1.165, 1.54) is 20.2 Å². The summed E-state index contributed by atoms with van der Waals surface area (Å²) in [7, 11) is 2.97. The number of rotatable bonds is 1. The number of likely N-dealkylation sites (N-methyl/N-ethyl adjacent to an activating group) is 1. The van der Waals surface area contributed by atoms with Crippen LogP contribution in [0.2, 0.25) is 0 Å². The molecule has 1 aliphatic heterocycles. The second kappa shape index (κ2) is 4.04. The van der Waals surface area contributed by atoms with Crippen LogP contribution in [0.4, 0.5) is 0 Å². The monoisotopic (exact) mass is 184 g/mol. The highest BCUT2D eigenvalue weighted by Gasteiger charge is 2.21. The molecule has 1 atom stereocenters. The lowest BCUT2D eigenvalue weighted by Crippen LogP contribution is -2.32. The minimum Gasteiger partial charge on any atom is -0.481 e. The van der Waals surface area contributed by atoms with Crippen molar-refractivity contribution in [2.75, 3.05) is 20.7 Å². The number of aliphatic imine (C=N–C) groups is 1. The van der Waals surface area contributed by atoms with Gasteiger partial charge in [0, 0.05) is 13.1 Å². The SMILES string of the molecule is CNC(=O)C1=CC(OC)=NCC1O. The first kappa shape index (κ1) is 9.73. The van der Waals surface area contributed by atoms with Crippen LogP contribution in [-0.2, 0) is 9.53 Å². The van der Waals surface area contributed by atoms with Crippen molar-refractivity contribution in [1.82, 2.24) is 5.32 Å². The Hall–Kier alpha value is -1.36. The van der Waals surface area contributed by atoms with Gasteiger partial charge in [0.1, 0.15) is 6.10 Å². The maximum atomic E-state index is 11.2. The number of aliphatic hydroxyl groups excluding tert-OH is 1. The Morgan fingerprint density at radius 2 is 2.54 bits per heavy atom. The van der Waals surface area contributed by atoms with Crippen molar-refractivity contribution in [3.8, 4) is 0 Å². The van der Waals surface area contributed by atoms with E-state index in [4.69, 9.17) is 4.74 Å². The van der Waals surface area contributed by atoms with Crippen LogP contribution in [0.1, 0.15) is 0 Å². The summed E-state index contributed by atoms with van der Waals surface area (Å²) in [6.07, 6.45) is 0.603. The number of dihydropyridines is 1. The van der Waals surface area contributed by atoms with E-state index in [1.807, 2.05) is 0 Å². The van der Waals surface area contributed by atoms with E-state index in [9.17, 15) is 9.90 Å². The maximum Gasteiger partial charge on any atom is 0.249 e. The summed E-state index contributed by atoms with van der Waals surface area (Å²) in [5.41, 5.74) is 0.286. The first-order valence-electron chi connectivity index (χ1n) is 3.89. The van der Waals surface area contributed by atoms with E-state index in [-0.39, 0.29) is 18.0 Å². The number of nitrogens with one attached hydrogen (secondary N) is 1. The first-order valence-corrected chi connectivity index (χ1v) is 3.89. The zero-order valence-corrected chi connectivity index (χ0v) is 7.57. The number of ether oxygens (including phenoxy) is 1. The standard InChI is InChI=1S/C8H12N2O3/c1-9-8(12)5-3-7(13-2)10-4-6(5)11/h3,6,11H,4H2,1-2H3,(H,9,12). The van der Waals surface area contributed by atoms with E-state index >= 15 is 0 Å². The van der Waals surface area contributed by atoms with Crippen LogP contribution in [0, 0.1) is 0 Å². The molecule has 5 nitrogen and oxygen atoms in total. The molecule has 1 aliphatic rings. The van der Waals surface area contributed by atoms with E-state index in [0.29, 0.717) is 5.90 Å². The molecule has 0 aliphatic carbocycles.